The maximum atomic E-state index is 11.3. The number of aliphatic hydroxyl groups is 1. The van der Waals surface area contributed by atoms with Gasteiger partial charge in [-0.25, -0.2) is 0 Å². The van der Waals surface area contributed by atoms with Crippen LogP contribution in [0.1, 0.15) is 33.1 Å². The van der Waals surface area contributed by atoms with Crippen LogP contribution in [0.4, 0.5) is 0 Å². The lowest BCUT2D eigenvalue weighted by Gasteiger charge is -2.12. The van der Waals surface area contributed by atoms with Gasteiger partial charge in [0.15, 0.2) is 0 Å². The number of aliphatic hydroxyl groups excluding tert-OH is 1. The molecule has 1 rings (SSSR count). The third kappa shape index (κ3) is 6.80. The van der Waals surface area contributed by atoms with Crippen molar-refractivity contribution < 1.29 is 14.6 Å². The Kier molecular flexibility index (Phi) is 5.77. The molecule has 1 unspecified atom stereocenters. The molecule has 0 heterocycles. The highest BCUT2D eigenvalue weighted by molar-refractivity contribution is 5.76. The lowest BCUT2D eigenvalue weighted by atomic mass is 10.1. The second-order valence-electron chi connectivity index (χ2n) is 5.04. The first-order valence-electron chi connectivity index (χ1n) is 6.10. The van der Waals surface area contributed by atoms with E-state index in [0.29, 0.717) is 24.9 Å². The molecule has 0 radical (unpaired) electrons. The summed E-state index contributed by atoms with van der Waals surface area (Å²) < 4.78 is 5.33. The molecule has 1 amide bonds. The number of ether oxygens (including phenoxy) is 1. The molecule has 1 fully saturated rings. The molecule has 0 aromatic rings. The molecular weight excluding hydrogens is 206 g/mol. The van der Waals surface area contributed by atoms with Crippen molar-refractivity contribution in [1.82, 2.24) is 5.32 Å². The number of nitrogens with one attached hydrogen (secondary N) is 1. The summed E-state index contributed by atoms with van der Waals surface area (Å²) in [4.78, 5) is 11.3. The van der Waals surface area contributed by atoms with Crippen molar-refractivity contribution in [2.24, 2.45) is 11.8 Å². The number of rotatable bonds is 8. The lowest BCUT2D eigenvalue weighted by molar-refractivity contribution is -0.122. The van der Waals surface area contributed by atoms with Gasteiger partial charge < -0.3 is 15.2 Å². The van der Waals surface area contributed by atoms with Crippen molar-refractivity contribution in [2.45, 2.75) is 39.2 Å². The van der Waals surface area contributed by atoms with Gasteiger partial charge in [0.1, 0.15) is 0 Å². The maximum absolute atomic E-state index is 11.3. The van der Waals surface area contributed by atoms with Crippen LogP contribution in [0.3, 0.4) is 0 Å². The third-order valence-electron chi connectivity index (χ3n) is 2.49. The van der Waals surface area contributed by atoms with Gasteiger partial charge in [0.05, 0.1) is 12.7 Å². The van der Waals surface area contributed by atoms with Crippen molar-refractivity contribution in [1.29, 1.82) is 0 Å². The van der Waals surface area contributed by atoms with Crippen molar-refractivity contribution in [3.05, 3.63) is 0 Å². The SMILES string of the molecule is CC(C)CC(=O)NCC(O)COCC1CC1. The van der Waals surface area contributed by atoms with Crippen LogP contribution in [0.15, 0.2) is 0 Å². The highest BCUT2D eigenvalue weighted by Gasteiger charge is 2.21. The van der Waals surface area contributed by atoms with Crippen molar-refractivity contribution >= 4 is 5.91 Å². The third-order valence-corrected chi connectivity index (χ3v) is 2.49. The summed E-state index contributed by atoms with van der Waals surface area (Å²) in [5, 5.41) is 12.2. The maximum Gasteiger partial charge on any atom is 0.220 e. The summed E-state index contributed by atoms with van der Waals surface area (Å²) in [5.41, 5.74) is 0. The fourth-order valence-electron chi connectivity index (χ4n) is 1.39. The van der Waals surface area contributed by atoms with Crippen LogP contribution in [0.25, 0.3) is 0 Å². The predicted octanol–water partition coefficient (Wildman–Crippen LogP) is 0.936. The number of carbonyl (C=O) groups is 1. The van der Waals surface area contributed by atoms with Crippen LogP contribution in [-0.2, 0) is 9.53 Å². The molecule has 4 heteroatoms. The molecular formula is C12H23NO3. The van der Waals surface area contributed by atoms with E-state index in [2.05, 4.69) is 5.32 Å². The molecule has 1 atom stereocenters. The zero-order valence-corrected chi connectivity index (χ0v) is 10.2. The zero-order chi connectivity index (χ0) is 12.0. The number of carbonyl (C=O) groups excluding carboxylic acids is 1. The minimum Gasteiger partial charge on any atom is -0.389 e. The molecule has 0 bridgehead atoms. The van der Waals surface area contributed by atoms with Gasteiger partial charge in [-0.1, -0.05) is 13.8 Å². The van der Waals surface area contributed by atoms with E-state index in [1.807, 2.05) is 13.8 Å². The van der Waals surface area contributed by atoms with E-state index in [0.717, 1.165) is 6.61 Å². The Morgan fingerprint density at radius 2 is 2.19 bits per heavy atom. The Labute approximate surface area is 97.4 Å². The van der Waals surface area contributed by atoms with E-state index in [1.165, 1.54) is 12.8 Å². The number of amides is 1. The van der Waals surface area contributed by atoms with Gasteiger partial charge in [-0.3, -0.25) is 4.79 Å². The van der Waals surface area contributed by atoms with Crippen LogP contribution in [0, 0.1) is 11.8 Å². The van der Waals surface area contributed by atoms with Gasteiger partial charge in [0.2, 0.25) is 5.91 Å². The molecule has 0 spiro atoms. The first-order chi connectivity index (χ1) is 7.58. The van der Waals surface area contributed by atoms with Crippen molar-refractivity contribution in [2.75, 3.05) is 19.8 Å². The summed E-state index contributed by atoms with van der Waals surface area (Å²) in [6.07, 6.45) is 2.42. The summed E-state index contributed by atoms with van der Waals surface area (Å²) in [5.74, 6) is 1.06. The molecule has 16 heavy (non-hydrogen) atoms. The van der Waals surface area contributed by atoms with E-state index in [4.69, 9.17) is 4.74 Å². The Morgan fingerprint density at radius 1 is 1.50 bits per heavy atom. The fraction of sp³-hybridized carbons (Fsp3) is 0.917. The van der Waals surface area contributed by atoms with Crippen molar-refractivity contribution in [3.8, 4) is 0 Å². The highest BCUT2D eigenvalue weighted by atomic mass is 16.5. The zero-order valence-electron chi connectivity index (χ0n) is 10.2. The first-order valence-corrected chi connectivity index (χ1v) is 6.10. The average molecular weight is 229 g/mol. The van der Waals surface area contributed by atoms with Gasteiger partial charge in [0, 0.05) is 19.6 Å². The molecule has 0 aromatic heterocycles. The van der Waals surface area contributed by atoms with E-state index >= 15 is 0 Å². The Morgan fingerprint density at radius 3 is 2.75 bits per heavy atom. The Balaban J connectivity index is 1.95. The Bertz CT molecular complexity index is 214. The largest absolute Gasteiger partial charge is 0.389 e. The van der Waals surface area contributed by atoms with Crippen LogP contribution in [-0.4, -0.2) is 36.9 Å². The van der Waals surface area contributed by atoms with Crippen LogP contribution < -0.4 is 5.32 Å². The quantitative estimate of drug-likeness (QED) is 0.651. The van der Waals surface area contributed by atoms with Gasteiger partial charge in [-0.05, 0) is 24.7 Å². The molecule has 4 nitrogen and oxygen atoms in total. The van der Waals surface area contributed by atoms with Crippen LogP contribution in [0.2, 0.25) is 0 Å². The van der Waals surface area contributed by atoms with E-state index in [9.17, 15) is 9.90 Å². The smallest absolute Gasteiger partial charge is 0.220 e. The molecule has 0 saturated heterocycles. The highest BCUT2D eigenvalue weighted by Crippen LogP contribution is 2.28. The molecule has 1 aliphatic carbocycles. The van der Waals surface area contributed by atoms with E-state index in [1.54, 1.807) is 0 Å². The molecule has 1 aliphatic rings. The average Bonchev–Trinajstić information content (AvgIpc) is 2.97. The van der Waals surface area contributed by atoms with E-state index in [-0.39, 0.29) is 12.5 Å². The molecule has 0 aliphatic heterocycles. The molecule has 1 saturated carbocycles. The summed E-state index contributed by atoms with van der Waals surface area (Å²) in [6.45, 7) is 5.34. The van der Waals surface area contributed by atoms with Gasteiger partial charge in [-0.2, -0.15) is 0 Å². The number of hydrogen-bond acceptors (Lipinski definition) is 3. The summed E-state index contributed by atoms with van der Waals surface area (Å²) >= 11 is 0. The number of hydrogen-bond donors (Lipinski definition) is 2. The minimum atomic E-state index is -0.588. The normalized spacial score (nSPS) is 17.5. The molecule has 2 N–H and O–H groups in total. The summed E-state index contributed by atoms with van der Waals surface area (Å²) in [6, 6.07) is 0. The van der Waals surface area contributed by atoms with Gasteiger partial charge in [-0.15, -0.1) is 0 Å². The minimum absolute atomic E-state index is 0.00348. The second-order valence-corrected chi connectivity index (χ2v) is 5.04. The monoisotopic (exact) mass is 229 g/mol. The molecule has 0 aromatic carbocycles. The van der Waals surface area contributed by atoms with Crippen LogP contribution >= 0.6 is 0 Å². The fourth-order valence-corrected chi connectivity index (χ4v) is 1.39. The first kappa shape index (κ1) is 13.5. The summed E-state index contributed by atoms with van der Waals surface area (Å²) in [7, 11) is 0. The predicted molar refractivity (Wildman–Crippen MR) is 62.0 cm³/mol. The van der Waals surface area contributed by atoms with Gasteiger partial charge in [0.25, 0.3) is 0 Å². The Hall–Kier alpha value is -0.610. The van der Waals surface area contributed by atoms with Gasteiger partial charge >= 0.3 is 0 Å². The lowest BCUT2D eigenvalue weighted by Crippen LogP contribution is -2.35. The topological polar surface area (TPSA) is 58.6 Å². The standard InChI is InChI=1S/C12H23NO3/c1-9(2)5-12(15)13-6-11(14)8-16-7-10-3-4-10/h9-11,14H,3-8H2,1-2H3,(H,13,15). The van der Waals surface area contributed by atoms with Crippen molar-refractivity contribution in [3.63, 3.8) is 0 Å². The van der Waals surface area contributed by atoms with Crippen LogP contribution in [0.5, 0.6) is 0 Å². The second kappa shape index (κ2) is 6.86. The molecule has 94 valence electrons. The van der Waals surface area contributed by atoms with E-state index < -0.39 is 6.10 Å².